The fraction of sp³-hybridized carbons (Fsp3) is 0.375. The zero-order valence-electron chi connectivity index (χ0n) is 17.0. The molecule has 0 fully saturated rings. The van der Waals surface area contributed by atoms with Crippen LogP contribution in [0, 0.1) is 0 Å². The molecule has 0 spiro atoms. The number of para-hydroxylation sites is 1. The molecule has 0 aromatic heterocycles. The second-order valence-corrected chi connectivity index (χ2v) is 7.03. The molecule has 1 unspecified atom stereocenters. The van der Waals surface area contributed by atoms with Crippen molar-refractivity contribution < 1.29 is 14.3 Å². The van der Waals surface area contributed by atoms with Gasteiger partial charge in [0.2, 0.25) is 0 Å². The Morgan fingerprint density at radius 3 is 2.68 bits per heavy atom. The highest BCUT2D eigenvalue weighted by atomic mass is 16.5. The fourth-order valence-electron chi connectivity index (χ4n) is 3.35. The molecule has 0 bridgehead atoms. The largest absolute Gasteiger partial charge is 0.497 e. The van der Waals surface area contributed by atoms with Crippen LogP contribution in [-0.2, 0) is 0 Å². The summed E-state index contributed by atoms with van der Waals surface area (Å²) in [6, 6.07) is 13.3. The SMILES string of the molecule is CCCC/C=C/c1cccc2c1OC(CC)CN2C(=O)c1ccc(OC)cc1. The summed E-state index contributed by atoms with van der Waals surface area (Å²) in [6.45, 7) is 4.83. The van der Waals surface area contributed by atoms with Crippen LogP contribution < -0.4 is 14.4 Å². The minimum Gasteiger partial charge on any atom is -0.497 e. The molecular formula is C24H29NO3. The maximum atomic E-state index is 13.2. The van der Waals surface area contributed by atoms with E-state index in [9.17, 15) is 4.79 Å². The first-order valence-corrected chi connectivity index (χ1v) is 10.1. The van der Waals surface area contributed by atoms with Crippen LogP contribution in [0.3, 0.4) is 0 Å². The summed E-state index contributed by atoms with van der Waals surface area (Å²) >= 11 is 0. The Hall–Kier alpha value is -2.75. The molecule has 4 nitrogen and oxygen atoms in total. The molecule has 0 saturated heterocycles. The molecule has 4 heteroatoms. The number of unbranched alkanes of at least 4 members (excludes halogenated alkanes) is 2. The number of hydrogen-bond acceptors (Lipinski definition) is 3. The van der Waals surface area contributed by atoms with Gasteiger partial charge in [-0.15, -0.1) is 0 Å². The first-order chi connectivity index (χ1) is 13.7. The van der Waals surface area contributed by atoms with E-state index in [1.54, 1.807) is 7.11 Å². The average Bonchev–Trinajstić information content (AvgIpc) is 2.75. The number of hydrogen-bond donors (Lipinski definition) is 0. The number of benzene rings is 2. The lowest BCUT2D eigenvalue weighted by Crippen LogP contribution is -2.43. The van der Waals surface area contributed by atoms with Gasteiger partial charge in [-0.3, -0.25) is 4.79 Å². The maximum Gasteiger partial charge on any atom is 0.258 e. The van der Waals surface area contributed by atoms with Crippen molar-refractivity contribution in [3.05, 3.63) is 59.7 Å². The molecule has 0 N–H and O–H groups in total. The zero-order chi connectivity index (χ0) is 19.9. The van der Waals surface area contributed by atoms with Gasteiger partial charge in [0, 0.05) is 11.1 Å². The van der Waals surface area contributed by atoms with Crippen LogP contribution in [0.25, 0.3) is 6.08 Å². The van der Waals surface area contributed by atoms with Crippen molar-refractivity contribution in [1.82, 2.24) is 0 Å². The molecule has 1 amide bonds. The summed E-state index contributed by atoms with van der Waals surface area (Å²) in [7, 11) is 1.62. The molecule has 0 aliphatic carbocycles. The summed E-state index contributed by atoms with van der Waals surface area (Å²) in [6.07, 6.45) is 8.53. The molecule has 2 aromatic rings. The number of carbonyl (C=O) groups is 1. The quantitative estimate of drug-likeness (QED) is 0.578. The van der Waals surface area contributed by atoms with Crippen LogP contribution in [0.2, 0.25) is 0 Å². The molecular weight excluding hydrogens is 350 g/mol. The molecule has 148 valence electrons. The van der Waals surface area contributed by atoms with E-state index in [0.717, 1.165) is 35.6 Å². The molecule has 0 radical (unpaired) electrons. The third-order valence-electron chi connectivity index (χ3n) is 5.05. The lowest BCUT2D eigenvalue weighted by molar-refractivity contribution is 0.0954. The number of amides is 1. The molecule has 0 saturated carbocycles. The molecule has 28 heavy (non-hydrogen) atoms. The third kappa shape index (κ3) is 4.38. The van der Waals surface area contributed by atoms with Gasteiger partial charge in [0.25, 0.3) is 5.91 Å². The highest BCUT2D eigenvalue weighted by molar-refractivity contribution is 6.07. The number of ether oxygens (including phenoxy) is 2. The molecule has 1 aliphatic heterocycles. The van der Waals surface area contributed by atoms with Crippen molar-refractivity contribution in [3.8, 4) is 11.5 Å². The van der Waals surface area contributed by atoms with E-state index in [4.69, 9.17) is 9.47 Å². The van der Waals surface area contributed by atoms with Crippen molar-refractivity contribution >= 4 is 17.7 Å². The Morgan fingerprint density at radius 1 is 1.21 bits per heavy atom. The van der Waals surface area contributed by atoms with Gasteiger partial charge in [-0.25, -0.2) is 0 Å². The number of rotatable bonds is 7. The average molecular weight is 380 g/mol. The van der Waals surface area contributed by atoms with Gasteiger partial charge in [-0.05, 0) is 43.2 Å². The van der Waals surface area contributed by atoms with E-state index >= 15 is 0 Å². The van der Waals surface area contributed by atoms with Gasteiger partial charge in [0.1, 0.15) is 11.9 Å². The lowest BCUT2D eigenvalue weighted by Gasteiger charge is -2.35. The van der Waals surface area contributed by atoms with Gasteiger partial charge in [-0.1, -0.05) is 51.0 Å². The summed E-state index contributed by atoms with van der Waals surface area (Å²) in [4.78, 5) is 15.1. The molecule has 3 rings (SSSR count). The van der Waals surface area contributed by atoms with Crippen molar-refractivity contribution in [2.45, 2.75) is 45.6 Å². The van der Waals surface area contributed by atoms with Crippen molar-refractivity contribution in [2.75, 3.05) is 18.6 Å². The van der Waals surface area contributed by atoms with Crippen molar-refractivity contribution in [2.24, 2.45) is 0 Å². The van der Waals surface area contributed by atoms with E-state index < -0.39 is 0 Å². The van der Waals surface area contributed by atoms with E-state index in [0.29, 0.717) is 12.1 Å². The Labute approximate surface area is 167 Å². The highest BCUT2D eigenvalue weighted by Gasteiger charge is 2.30. The predicted octanol–water partition coefficient (Wildman–Crippen LogP) is 5.72. The lowest BCUT2D eigenvalue weighted by atomic mass is 10.1. The number of anilines is 1. The highest BCUT2D eigenvalue weighted by Crippen LogP contribution is 2.38. The second-order valence-electron chi connectivity index (χ2n) is 7.03. The minimum absolute atomic E-state index is 0.0140. The summed E-state index contributed by atoms with van der Waals surface area (Å²) < 4.78 is 11.5. The van der Waals surface area contributed by atoms with E-state index in [-0.39, 0.29) is 12.0 Å². The third-order valence-corrected chi connectivity index (χ3v) is 5.05. The monoisotopic (exact) mass is 379 g/mol. The number of allylic oxidation sites excluding steroid dienone is 1. The summed E-state index contributed by atoms with van der Waals surface area (Å²) in [5, 5.41) is 0. The number of carbonyl (C=O) groups excluding carboxylic acids is 1. The van der Waals surface area contributed by atoms with E-state index in [1.807, 2.05) is 41.3 Å². The zero-order valence-corrected chi connectivity index (χ0v) is 17.0. The van der Waals surface area contributed by atoms with Crippen LogP contribution in [0.4, 0.5) is 5.69 Å². The minimum atomic E-state index is -0.0160. The van der Waals surface area contributed by atoms with E-state index in [1.165, 1.54) is 12.8 Å². The normalized spacial score (nSPS) is 16.0. The second kappa shape index (κ2) is 9.45. The Bertz CT molecular complexity index is 826. The van der Waals surface area contributed by atoms with Crippen molar-refractivity contribution in [3.63, 3.8) is 0 Å². The Morgan fingerprint density at radius 2 is 2.00 bits per heavy atom. The molecule has 1 aliphatic rings. The van der Waals surface area contributed by atoms with Gasteiger partial charge in [-0.2, -0.15) is 0 Å². The predicted molar refractivity (Wildman–Crippen MR) is 114 cm³/mol. The fourth-order valence-corrected chi connectivity index (χ4v) is 3.35. The van der Waals surface area contributed by atoms with Gasteiger partial charge >= 0.3 is 0 Å². The van der Waals surface area contributed by atoms with Gasteiger partial charge in [0.05, 0.1) is 19.3 Å². The maximum absolute atomic E-state index is 13.2. The Kier molecular flexibility index (Phi) is 6.75. The van der Waals surface area contributed by atoms with Crippen LogP contribution in [0.15, 0.2) is 48.5 Å². The van der Waals surface area contributed by atoms with Gasteiger partial charge < -0.3 is 14.4 Å². The van der Waals surface area contributed by atoms with Crippen LogP contribution >= 0.6 is 0 Å². The number of nitrogens with zero attached hydrogens (tertiary/aromatic N) is 1. The van der Waals surface area contributed by atoms with Crippen LogP contribution in [0.1, 0.15) is 55.5 Å². The van der Waals surface area contributed by atoms with Crippen LogP contribution in [0.5, 0.6) is 11.5 Å². The van der Waals surface area contributed by atoms with Crippen molar-refractivity contribution in [1.29, 1.82) is 0 Å². The van der Waals surface area contributed by atoms with Gasteiger partial charge in [0.15, 0.2) is 5.75 Å². The molecule has 1 atom stereocenters. The standard InChI is InChI=1S/C24H29NO3/c1-4-6-7-8-10-18-11-9-12-22-23(18)28-20(5-2)17-25(22)24(26)19-13-15-21(27-3)16-14-19/h8-16,20H,4-7,17H2,1-3H3/b10-8+. The molecule has 1 heterocycles. The first kappa shape index (κ1) is 20.0. The Balaban J connectivity index is 1.93. The number of methoxy groups -OCH3 is 1. The van der Waals surface area contributed by atoms with E-state index in [2.05, 4.69) is 32.1 Å². The molecule has 2 aromatic carbocycles. The number of fused-ring (bicyclic) bond motifs is 1. The van der Waals surface area contributed by atoms with Crippen LogP contribution in [-0.4, -0.2) is 25.7 Å². The summed E-state index contributed by atoms with van der Waals surface area (Å²) in [5.74, 6) is 1.53. The topological polar surface area (TPSA) is 38.8 Å². The first-order valence-electron chi connectivity index (χ1n) is 10.1. The smallest absolute Gasteiger partial charge is 0.258 e. The summed E-state index contributed by atoms with van der Waals surface area (Å²) in [5.41, 5.74) is 2.51.